The molecule has 32 heavy (non-hydrogen) atoms. The number of piperazine rings is 1. The average molecular weight is 427 g/mol. The van der Waals surface area contributed by atoms with Crippen LogP contribution in [0.4, 0.5) is 0 Å². The molecule has 2 aliphatic rings. The Hall–Kier alpha value is -2.95. The maximum absolute atomic E-state index is 14.0. The molecule has 1 heterocycles. The van der Waals surface area contributed by atoms with E-state index in [-0.39, 0.29) is 5.78 Å². The molecule has 1 aliphatic carbocycles. The van der Waals surface area contributed by atoms with Crippen molar-refractivity contribution in [1.29, 1.82) is 0 Å². The minimum Gasteiger partial charge on any atom is -0.496 e. The smallest absolute Gasteiger partial charge is 0.188 e. The maximum Gasteiger partial charge on any atom is 0.188 e. The van der Waals surface area contributed by atoms with Crippen LogP contribution in [0.2, 0.25) is 0 Å². The number of nitrogens with zero attached hydrogens (tertiary/aromatic N) is 2. The zero-order valence-corrected chi connectivity index (χ0v) is 18.9. The average Bonchev–Trinajstić information content (AvgIpc) is 3.15. The third-order valence-electron chi connectivity index (χ3n) is 7.22. The molecule has 3 aromatic rings. The van der Waals surface area contributed by atoms with Gasteiger partial charge in [0.15, 0.2) is 5.78 Å². The molecule has 1 unspecified atom stereocenters. The van der Waals surface area contributed by atoms with Gasteiger partial charge in [0.2, 0.25) is 0 Å². The van der Waals surface area contributed by atoms with Gasteiger partial charge in [-0.3, -0.25) is 14.6 Å². The lowest BCUT2D eigenvalue weighted by Gasteiger charge is -2.45. The molecule has 164 valence electrons. The number of aryl methyl sites for hydroxylation is 1. The highest BCUT2D eigenvalue weighted by atomic mass is 16.5. The summed E-state index contributed by atoms with van der Waals surface area (Å²) in [4.78, 5) is 18.9. The second kappa shape index (κ2) is 8.53. The van der Waals surface area contributed by atoms with Gasteiger partial charge < -0.3 is 4.74 Å². The van der Waals surface area contributed by atoms with Crippen LogP contribution in [0.15, 0.2) is 72.8 Å². The number of ether oxygens (including phenoxy) is 1. The van der Waals surface area contributed by atoms with Gasteiger partial charge in [-0.1, -0.05) is 66.7 Å². The molecular weight excluding hydrogens is 396 g/mol. The summed E-state index contributed by atoms with van der Waals surface area (Å²) in [6, 6.07) is 24.8. The number of benzene rings is 3. The quantitative estimate of drug-likeness (QED) is 0.603. The van der Waals surface area contributed by atoms with Crippen LogP contribution in [0.25, 0.3) is 0 Å². The van der Waals surface area contributed by atoms with Crippen molar-refractivity contribution in [3.63, 3.8) is 0 Å². The Morgan fingerprint density at radius 2 is 1.59 bits per heavy atom. The molecule has 1 saturated heterocycles. The maximum atomic E-state index is 14.0. The van der Waals surface area contributed by atoms with Gasteiger partial charge in [0.05, 0.1) is 7.11 Å². The van der Waals surface area contributed by atoms with Crippen LogP contribution < -0.4 is 4.74 Å². The Bertz CT molecular complexity index is 1120. The topological polar surface area (TPSA) is 32.8 Å². The van der Waals surface area contributed by atoms with Crippen LogP contribution in [0.1, 0.15) is 32.6 Å². The fourth-order valence-electron chi connectivity index (χ4n) is 5.41. The summed E-state index contributed by atoms with van der Waals surface area (Å²) < 4.78 is 5.64. The zero-order valence-electron chi connectivity index (χ0n) is 18.9. The number of rotatable bonds is 5. The standard InChI is InChI=1S/C28H30N2O2/c1-21-9-6-7-10-22(21)20-29-15-17-30(18-16-29)28(23-11-4-3-5-12-23)19-25-24(27(28)31)13-8-14-26(25)32-2/h3-14H,15-20H2,1-2H3. The molecule has 1 aliphatic heterocycles. The molecule has 0 spiro atoms. The van der Waals surface area contributed by atoms with Crippen LogP contribution in [0.5, 0.6) is 5.75 Å². The van der Waals surface area contributed by atoms with Crippen molar-refractivity contribution in [2.24, 2.45) is 0 Å². The van der Waals surface area contributed by atoms with Crippen LogP contribution >= 0.6 is 0 Å². The van der Waals surface area contributed by atoms with E-state index in [1.54, 1.807) is 7.11 Å². The van der Waals surface area contributed by atoms with Crippen LogP contribution in [0, 0.1) is 6.92 Å². The predicted molar refractivity (Wildman–Crippen MR) is 127 cm³/mol. The lowest BCUT2D eigenvalue weighted by atomic mass is 9.83. The van der Waals surface area contributed by atoms with Gasteiger partial charge in [0.25, 0.3) is 0 Å². The number of carbonyl (C=O) groups is 1. The molecule has 3 aromatic carbocycles. The highest BCUT2D eigenvalue weighted by molar-refractivity contribution is 6.08. The summed E-state index contributed by atoms with van der Waals surface area (Å²) in [6.45, 7) is 6.76. The Morgan fingerprint density at radius 3 is 2.31 bits per heavy atom. The molecule has 1 atom stereocenters. The summed E-state index contributed by atoms with van der Waals surface area (Å²) in [5.74, 6) is 1.01. The van der Waals surface area contributed by atoms with Gasteiger partial charge >= 0.3 is 0 Å². The first-order valence-corrected chi connectivity index (χ1v) is 11.4. The van der Waals surface area contributed by atoms with Gasteiger partial charge in [-0.2, -0.15) is 0 Å². The molecule has 1 fully saturated rings. The van der Waals surface area contributed by atoms with Crippen molar-refractivity contribution < 1.29 is 9.53 Å². The van der Waals surface area contributed by atoms with Crippen LogP contribution in [0.3, 0.4) is 0 Å². The van der Waals surface area contributed by atoms with Crippen molar-refractivity contribution in [3.05, 3.63) is 101 Å². The van der Waals surface area contributed by atoms with E-state index >= 15 is 0 Å². The van der Waals surface area contributed by atoms with Crippen molar-refractivity contribution in [1.82, 2.24) is 9.80 Å². The highest BCUT2D eigenvalue weighted by Crippen LogP contribution is 2.45. The van der Waals surface area contributed by atoms with Gasteiger partial charge in [0.1, 0.15) is 11.3 Å². The van der Waals surface area contributed by atoms with Crippen LogP contribution in [-0.2, 0) is 18.5 Å². The molecule has 4 nitrogen and oxygen atoms in total. The third-order valence-corrected chi connectivity index (χ3v) is 7.22. The van der Waals surface area contributed by atoms with E-state index in [1.165, 1.54) is 11.1 Å². The largest absolute Gasteiger partial charge is 0.496 e. The number of fused-ring (bicyclic) bond motifs is 1. The van der Waals surface area contributed by atoms with E-state index in [2.05, 4.69) is 53.1 Å². The van der Waals surface area contributed by atoms with E-state index in [1.807, 2.05) is 36.4 Å². The number of hydrogen-bond acceptors (Lipinski definition) is 4. The summed E-state index contributed by atoms with van der Waals surface area (Å²) in [5, 5.41) is 0. The second-order valence-corrected chi connectivity index (χ2v) is 8.91. The summed E-state index contributed by atoms with van der Waals surface area (Å²) in [7, 11) is 1.69. The van der Waals surface area contributed by atoms with Gasteiger partial charge in [0, 0.05) is 50.3 Å². The SMILES string of the molecule is COc1cccc2c1CC(c1ccccc1)(N1CCN(Cc3ccccc3C)CC1)C2=O. The number of Topliss-reactive ketones (excluding diaryl/α,β-unsaturated/α-hetero) is 1. The zero-order chi connectivity index (χ0) is 22.1. The Kier molecular flexibility index (Phi) is 5.58. The van der Waals surface area contributed by atoms with Crippen molar-refractivity contribution in [3.8, 4) is 5.75 Å². The molecular formula is C28H30N2O2. The minimum atomic E-state index is -0.660. The third kappa shape index (κ3) is 3.44. The fraction of sp³-hybridized carbons (Fsp3) is 0.321. The van der Waals surface area contributed by atoms with Crippen molar-refractivity contribution in [2.75, 3.05) is 33.3 Å². The Labute approximate surface area is 190 Å². The van der Waals surface area contributed by atoms with E-state index in [0.717, 1.165) is 55.2 Å². The second-order valence-electron chi connectivity index (χ2n) is 8.91. The number of carbonyl (C=O) groups excluding carboxylic acids is 1. The first-order valence-electron chi connectivity index (χ1n) is 11.4. The van der Waals surface area contributed by atoms with Crippen LogP contribution in [-0.4, -0.2) is 48.9 Å². The van der Waals surface area contributed by atoms with Crippen molar-refractivity contribution >= 4 is 5.78 Å². The Balaban J connectivity index is 1.44. The van der Waals surface area contributed by atoms with E-state index in [9.17, 15) is 4.79 Å². The number of ketones is 1. The molecule has 0 bridgehead atoms. The number of hydrogen-bond donors (Lipinski definition) is 0. The molecule has 0 N–H and O–H groups in total. The normalized spacial score (nSPS) is 21.5. The van der Waals surface area contributed by atoms with E-state index in [0.29, 0.717) is 6.42 Å². The lowest BCUT2D eigenvalue weighted by Crippen LogP contribution is -2.58. The first kappa shape index (κ1) is 20.9. The predicted octanol–water partition coefficient (Wildman–Crippen LogP) is 4.46. The molecule has 0 aromatic heterocycles. The minimum absolute atomic E-state index is 0.199. The molecule has 0 saturated carbocycles. The molecule has 5 rings (SSSR count). The monoisotopic (exact) mass is 426 g/mol. The van der Waals surface area contributed by atoms with E-state index < -0.39 is 5.54 Å². The van der Waals surface area contributed by atoms with Gasteiger partial charge in [-0.15, -0.1) is 0 Å². The first-order chi connectivity index (χ1) is 15.6. The Morgan fingerprint density at radius 1 is 0.875 bits per heavy atom. The summed E-state index contributed by atoms with van der Waals surface area (Å²) in [6.07, 6.45) is 0.660. The molecule has 4 heteroatoms. The van der Waals surface area contributed by atoms with Gasteiger partial charge in [-0.05, 0) is 29.7 Å². The molecule has 0 radical (unpaired) electrons. The summed E-state index contributed by atoms with van der Waals surface area (Å²) in [5.41, 5.74) is 4.97. The summed E-state index contributed by atoms with van der Waals surface area (Å²) >= 11 is 0. The van der Waals surface area contributed by atoms with Crippen molar-refractivity contribution in [2.45, 2.75) is 25.4 Å². The number of methoxy groups -OCH3 is 1. The molecule has 0 amide bonds. The highest BCUT2D eigenvalue weighted by Gasteiger charge is 2.52. The fourth-order valence-corrected chi connectivity index (χ4v) is 5.41. The van der Waals surface area contributed by atoms with E-state index in [4.69, 9.17) is 4.74 Å². The van der Waals surface area contributed by atoms with Gasteiger partial charge in [-0.25, -0.2) is 0 Å². The lowest BCUT2D eigenvalue weighted by molar-refractivity contribution is 0.0287.